The molecule has 0 spiro atoms. The predicted octanol–water partition coefficient (Wildman–Crippen LogP) is -0.277. The van der Waals surface area contributed by atoms with Gasteiger partial charge >= 0.3 is 0 Å². The van der Waals surface area contributed by atoms with Gasteiger partial charge in [0.2, 0.25) is 11.8 Å². The predicted molar refractivity (Wildman–Crippen MR) is 64.4 cm³/mol. The summed E-state index contributed by atoms with van der Waals surface area (Å²) in [6.07, 6.45) is 4.28. The van der Waals surface area contributed by atoms with Crippen LogP contribution in [0.4, 0.5) is 0 Å². The molecule has 2 N–H and O–H groups in total. The second kappa shape index (κ2) is 5.49. The van der Waals surface area contributed by atoms with E-state index in [1.807, 2.05) is 0 Å². The molecule has 5 nitrogen and oxygen atoms in total. The maximum atomic E-state index is 12.0. The zero-order valence-electron chi connectivity index (χ0n) is 10.4. The Kier molecular flexibility index (Phi) is 3.99. The first kappa shape index (κ1) is 12.4. The highest BCUT2D eigenvalue weighted by Crippen LogP contribution is 2.27. The monoisotopic (exact) mass is 239 g/mol. The lowest BCUT2D eigenvalue weighted by Gasteiger charge is -2.23. The van der Waals surface area contributed by atoms with Crippen molar-refractivity contribution in [3.8, 4) is 0 Å². The molecule has 2 aliphatic rings. The summed E-state index contributed by atoms with van der Waals surface area (Å²) in [6, 6.07) is -0.254. The molecule has 2 rings (SSSR count). The van der Waals surface area contributed by atoms with Crippen LogP contribution in [-0.2, 0) is 9.59 Å². The first-order valence-corrected chi connectivity index (χ1v) is 6.44. The van der Waals surface area contributed by atoms with Crippen molar-refractivity contribution in [1.29, 1.82) is 0 Å². The highest BCUT2D eigenvalue weighted by atomic mass is 16.2. The van der Waals surface area contributed by atoms with Crippen LogP contribution in [0, 0.1) is 5.92 Å². The zero-order valence-corrected chi connectivity index (χ0v) is 10.4. The molecule has 0 aromatic carbocycles. The van der Waals surface area contributed by atoms with Gasteiger partial charge in [0, 0.05) is 13.6 Å². The fourth-order valence-corrected chi connectivity index (χ4v) is 2.31. The maximum Gasteiger partial charge on any atom is 0.242 e. The summed E-state index contributed by atoms with van der Waals surface area (Å²) in [5, 5.41) is 5.80. The Morgan fingerprint density at radius 1 is 1.29 bits per heavy atom. The van der Waals surface area contributed by atoms with Crippen molar-refractivity contribution in [3.63, 3.8) is 0 Å². The van der Waals surface area contributed by atoms with Crippen LogP contribution in [0.15, 0.2) is 0 Å². The van der Waals surface area contributed by atoms with E-state index in [1.54, 1.807) is 11.9 Å². The minimum absolute atomic E-state index is 0.0435. The van der Waals surface area contributed by atoms with Gasteiger partial charge in [-0.05, 0) is 38.1 Å². The second-order valence-electron chi connectivity index (χ2n) is 4.93. The first-order valence-electron chi connectivity index (χ1n) is 6.44. The Labute approximate surface area is 102 Å². The molecule has 1 saturated carbocycles. The van der Waals surface area contributed by atoms with E-state index in [-0.39, 0.29) is 17.9 Å². The summed E-state index contributed by atoms with van der Waals surface area (Å²) in [5.74, 6) is 0.783. The van der Waals surface area contributed by atoms with Crippen LogP contribution >= 0.6 is 0 Å². The van der Waals surface area contributed by atoms with Crippen LogP contribution in [0.25, 0.3) is 0 Å². The number of hydrogen-bond donors (Lipinski definition) is 2. The molecular formula is C12H21N3O2. The summed E-state index contributed by atoms with van der Waals surface area (Å²) >= 11 is 0. The maximum absolute atomic E-state index is 12.0. The Balaban J connectivity index is 1.77. The van der Waals surface area contributed by atoms with Crippen molar-refractivity contribution in [2.45, 2.75) is 31.7 Å². The quantitative estimate of drug-likeness (QED) is 0.694. The third-order valence-corrected chi connectivity index (χ3v) is 3.53. The number of nitrogens with zero attached hydrogens (tertiary/aromatic N) is 1. The molecule has 1 saturated heterocycles. The SMILES string of the molecule is CNC(=O)C1CCCN1C(=O)CNCC1CC1. The minimum atomic E-state index is -0.254. The number of likely N-dealkylation sites (N-methyl/N-ethyl adjacent to an activating group) is 1. The molecule has 1 unspecified atom stereocenters. The molecule has 1 atom stereocenters. The molecular weight excluding hydrogens is 218 g/mol. The van der Waals surface area contributed by atoms with E-state index in [0.29, 0.717) is 13.1 Å². The first-order chi connectivity index (χ1) is 8.22. The van der Waals surface area contributed by atoms with Gasteiger partial charge in [0.05, 0.1) is 6.54 Å². The topological polar surface area (TPSA) is 61.4 Å². The summed E-state index contributed by atoms with van der Waals surface area (Å²) in [5.41, 5.74) is 0. The smallest absolute Gasteiger partial charge is 0.242 e. The van der Waals surface area contributed by atoms with Gasteiger partial charge < -0.3 is 15.5 Å². The van der Waals surface area contributed by atoms with Crippen molar-refractivity contribution >= 4 is 11.8 Å². The molecule has 0 radical (unpaired) electrons. The molecule has 2 fully saturated rings. The Bertz CT molecular complexity index is 302. The summed E-state index contributed by atoms with van der Waals surface area (Å²) in [6.45, 7) is 2.01. The lowest BCUT2D eigenvalue weighted by molar-refractivity contribution is -0.137. The number of carbonyl (C=O) groups is 2. The van der Waals surface area contributed by atoms with Gasteiger partial charge in [-0.15, -0.1) is 0 Å². The highest BCUT2D eigenvalue weighted by Gasteiger charge is 2.33. The average molecular weight is 239 g/mol. The molecule has 2 amide bonds. The molecule has 1 aliphatic heterocycles. The molecule has 1 heterocycles. The Morgan fingerprint density at radius 3 is 2.71 bits per heavy atom. The molecule has 96 valence electrons. The van der Waals surface area contributed by atoms with Gasteiger partial charge in [0.15, 0.2) is 0 Å². The number of likely N-dealkylation sites (tertiary alicyclic amines) is 1. The molecule has 5 heteroatoms. The summed E-state index contributed by atoms with van der Waals surface area (Å²) in [7, 11) is 1.62. The van der Waals surface area contributed by atoms with Crippen molar-refractivity contribution in [2.75, 3.05) is 26.7 Å². The average Bonchev–Trinajstić information content (AvgIpc) is 3.02. The van der Waals surface area contributed by atoms with Crippen molar-refractivity contribution in [3.05, 3.63) is 0 Å². The van der Waals surface area contributed by atoms with Gasteiger partial charge in [-0.3, -0.25) is 9.59 Å². The lowest BCUT2D eigenvalue weighted by atomic mass is 10.2. The van der Waals surface area contributed by atoms with E-state index in [1.165, 1.54) is 12.8 Å². The van der Waals surface area contributed by atoms with E-state index >= 15 is 0 Å². The van der Waals surface area contributed by atoms with Crippen LogP contribution in [-0.4, -0.2) is 49.4 Å². The van der Waals surface area contributed by atoms with Gasteiger partial charge in [-0.25, -0.2) is 0 Å². The lowest BCUT2D eigenvalue weighted by Crippen LogP contribution is -2.47. The zero-order chi connectivity index (χ0) is 12.3. The third kappa shape index (κ3) is 3.19. The summed E-state index contributed by atoms with van der Waals surface area (Å²) in [4.78, 5) is 25.3. The van der Waals surface area contributed by atoms with Gasteiger partial charge in [0.25, 0.3) is 0 Å². The van der Waals surface area contributed by atoms with E-state index < -0.39 is 0 Å². The third-order valence-electron chi connectivity index (χ3n) is 3.53. The van der Waals surface area contributed by atoms with E-state index in [0.717, 1.165) is 25.3 Å². The minimum Gasteiger partial charge on any atom is -0.357 e. The highest BCUT2D eigenvalue weighted by molar-refractivity contribution is 5.88. The van der Waals surface area contributed by atoms with Crippen LogP contribution in [0.5, 0.6) is 0 Å². The van der Waals surface area contributed by atoms with Crippen LogP contribution in [0.2, 0.25) is 0 Å². The molecule has 1 aliphatic carbocycles. The molecule has 0 aromatic heterocycles. The number of hydrogen-bond acceptors (Lipinski definition) is 3. The number of nitrogens with one attached hydrogen (secondary N) is 2. The standard InChI is InChI=1S/C12H21N3O2/c1-13-12(17)10-3-2-6-15(10)11(16)8-14-7-9-4-5-9/h9-10,14H,2-8H2,1H3,(H,13,17). The second-order valence-corrected chi connectivity index (χ2v) is 4.93. The Hall–Kier alpha value is -1.10. The Morgan fingerprint density at radius 2 is 2.06 bits per heavy atom. The van der Waals surface area contributed by atoms with Crippen LogP contribution in [0.3, 0.4) is 0 Å². The van der Waals surface area contributed by atoms with Gasteiger partial charge in [-0.2, -0.15) is 0 Å². The van der Waals surface area contributed by atoms with Crippen molar-refractivity contribution in [1.82, 2.24) is 15.5 Å². The van der Waals surface area contributed by atoms with E-state index in [2.05, 4.69) is 10.6 Å². The van der Waals surface area contributed by atoms with Crippen LogP contribution in [0.1, 0.15) is 25.7 Å². The van der Waals surface area contributed by atoms with Crippen LogP contribution < -0.4 is 10.6 Å². The number of amides is 2. The van der Waals surface area contributed by atoms with Gasteiger partial charge in [0.1, 0.15) is 6.04 Å². The number of rotatable bonds is 5. The van der Waals surface area contributed by atoms with Crippen molar-refractivity contribution in [2.24, 2.45) is 5.92 Å². The normalized spacial score (nSPS) is 23.8. The largest absolute Gasteiger partial charge is 0.357 e. The number of carbonyl (C=O) groups excluding carboxylic acids is 2. The fourth-order valence-electron chi connectivity index (χ4n) is 2.31. The van der Waals surface area contributed by atoms with Gasteiger partial charge in [-0.1, -0.05) is 0 Å². The molecule has 0 bridgehead atoms. The summed E-state index contributed by atoms with van der Waals surface area (Å²) < 4.78 is 0. The van der Waals surface area contributed by atoms with E-state index in [4.69, 9.17) is 0 Å². The van der Waals surface area contributed by atoms with E-state index in [9.17, 15) is 9.59 Å². The van der Waals surface area contributed by atoms with Crippen molar-refractivity contribution < 1.29 is 9.59 Å². The molecule has 0 aromatic rings. The molecule has 17 heavy (non-hydrogen) atoms. The fraction of sp³-hybridized carbons (Fsp3) is 0.833.